The number of fused-ring (bicyclic) bond motifs is 1. The Hall–Kier alpha value is -2.45. The molecule has 1 amide bonds. The zero-order valence-electron chi connectivity index (χ0n) is 14.8. The topological polar surface area (TPSA) is 88.6 Å². The van der Waals surface area contributed by atoms with E-state index in [2.05, 4.69) is 9.71 Å². The van der Waals surface area contributed by atoms with Gasteiger partial charge in [-0.3, -0.25) is 14.5 Å². The Morgan fingerprint density at radius 2 is 2.15 bits per heavy atom. The summed E-state index contributed by atoms with van der Waals surface area (Å²) in [7, 11) is -3.72. The molecular weight excluding hydrogens is 366 g/mol. The van der Waals surface area contributed by atoms with Gasteiger partial charge >= 0.3 is 0 Å². The van der Waals surface area contributed by atoms with E-state index < -0.39 is 10.0 Å². The van der Waals surface area contributed by atoms with E-state index in [0.717, 1.165) is 24.0 Å². The minimum absolute atomic E-state index is 0.0000971. The zero-order chi connectivity index (χ0) is 18.9. The van der Waals surface area contributed by atoms with Gasteiger partial charge < -0.3 is 9.64 Å². The fourth-order valence-electron chi connectivity index (χ4n) is 3.50. The molecule has 0 radical (unpaired) electrons. The maximum Gasteiger partial charge on any atom is 0.261 e. The predicted molar refractivity (Wildman–Crippen MR) is 99.6 cm³/mol. The van der Waals surface area contributed by atoms with E-state index in [0.29, 0.717) is 31.8 Å². The Morgan fingerprint density at radius 1 is 1.26 bits per heavy atom. The van der Waals surface area contributed by atoms with Gasteiger partial charge in [0, 0.05) is 25.9 Å². The Balaban J connectivity index is 1.54. The van der Waals surface area contributed by atoms with Gasteiger partial charge in [-0.05, 0) is 54.7 Å². The van der Waals surface area contributed by atoms with E-state index in [-0.39, 0.29) is 16.9 Å². The Morgan fingerprint density at radius 3 is 2.89 bits per heavy atom. The molecule has 2 aromatic rings. The molecular formula is C19H21N3O4S. The molecule has 0 aliphatic carbocycles. The second-order valence-corrected chi connectivity index (χ2v) is 8.47. The number of nitrogens with zero attached hydrogens (tertiary/aromatic N) is 2. The highest BCUT2D eigenvalue weighted by Crippen LogP contribution is 2.25. The summed E-state index contributed by atoms with van der Waals surface area (Å²) in [5.41, 5.74) is 2.35. The number of rotatable bonds is 4. The average molecular weight is 387 g/mol. The lowest BCUT2D eigenvalue weighted by Gasteiger charge is -2.30. The van der Waals surface area contributed by atoms with E-state index in [9.17, 15) is 13.2 Å². The minimum Gasteiger partial charge on any atom is -0.368 e. The van der Waals surface area contributed by atoms with Crippen molar-refractivity contribution in [3.63, 3.8) is 0 Å². The van der Waals surface area contributed by atoms with Gasteiger partial charge in [0.25, 0.3) is 15.9 Å². The van der Waals surface area contributed by atoms with Crippen LogP contribution in [0.4, 0.5) is 5.69 Å². The van der Waals surface area contributed by atoms with Crippen LogP contribution in [-0.4, -0.2) is 43.5 Å². The Labute approximate surface area is 158 Å². The van der Waals surface area contributed by atoms with Crippen LogP contribution in [0, 0.1) is 0 Å². The first-order valence-corrected chi connectivity index (χ1v) is 10.5. The van der Waals surface area contributed by atoms with Gasteiger partial charge in [0.15, 0.2) is 0 Å². The Kier molecular flexibility index (Phi) is 4.84. The number of ether oxygens (including phenoxy) is 1. The normalized spacial score (nSPS) is 19.6. The maximum absolute atomic E-state index is 12.7. The van der Waals surface area contributed by atoms with Crippen LogP contribution in [0.2, 0.25) is 0 Å². The molecule has 0 unspecified atom stereocenters. The molecule has 1 saturated heterocycles. The number of sulfonamides is 1. The number of amides is 1. The predicted octanol–water partition coefficient (Wildman–Crippen LogP) is 1.95. The summed E-state index contributed by atoms with van der Waals surface area (Å²) >= 11 is 0. The van der Waals surface area contributed by atoms with Crippen LogP contribution in [-0.2, 0) is 32.5 Å². The van der Waals surface area contributed by atoms with Gasteiger partial charge in [-0.15, -0.1) is 0 Å². The lowest BCUT2D eigenvalue weighted by Crippen LogP contribution is -2.42. The molecule has 1 fully saturated rings. The van der Waals surface area contributed by atoms with Gasteiger partial charge in [-0.25, -0.2) is 8.42 Å². The summed E-state index contributed by atoms with van der Waals surface area (Å²) in [5, 5.41) is 0. The van der Waals surface area contributed by atoms with Crippen LogP contribution in [0.25, 0.3) is 0 Å². The quantitative estimate of drug-likeness (QED) is 0.866. The summed E-state index contributed by atoms with van der Waals surface area (Å²) < 4.78 is 33.4. The van der Waals surface area contributed by atoms with Crippen molar-refractivity contribution >= 4 is 21.6 Å². The fraction of sp³-hybridized carbons (Fsp3) is 0.368. The van der Waals surface area contributed by atoms with Gasteiger partial charge in [0.2, 0.25) is 0 Å². The van der Waals surface area contributed by atoms with E-state index in [1.165, 1.54) is 6.20 Å². The van der Waals surface area contributed by atoms with Crippen molar-refractivity contribution in [3.8, 4) is 0 Å². The van der Waals surface area contributed by atoms with E-state index in [1.807, 2.05) is 6.07 Å². The second kappa shape index (κ2) is 7.28. The number of nitrogens with one attached hydrogen (secondary N) is 1. The van der Waals surface area contributed by atoms with Crippen molar-refractivity contribution in [3.05, 3.63) is 53.9 Å². The summed E-state index contributed by atoms with van der Waals surface area (Å²) in [4.78, 5) is 18.5. The first-order valence-electron chi connectivity index (χ1n) is 8.98. The molecule has 1 N–H and O–H groups in total. The molecule has 2 aliphatic rings. The molecule has 142 valence electrons. The highest BCUT2D eigenvalue weighted by atomic mass is 32.2. The SMILES string of the molecule is O=C([C@H]1CCCO1)N1CCc2ccc(S(=O)(=O)Nc3cccnc3)cc2C1. The fourth-order valence-corrected chi connectivity index (χ4v) is 4.60. The number of hydrogen-bond donors (Lipinski definition) is 1. The highest BCUT2D eigenvalue weighted by molar-refractivity contribution is 7.92. The Bertz CT molecular complexity index is 941. The third-order valence-corrected chi connectivity index (χ3v) is 6.31. The lowest BCUT2D eigenvalue weighted by molar-refractivity contribution is -0.141. The summed E-state index contributed by atoms with van der Waals surface area (Å²) in [6.45, 7) is 1.67. The summed E-state index contributed by atoms with van der Waals surface area (Å²) in [6.07, 6.45) is 5.05. The number of carbonyl (C=O) groups is 1. The number of carbonyl (C=O) groups excluding carboxylic acids is 1. The van der Waals surface area contributed by atoms with E-state index >= 15 is 0 Å². The zero-order valence-corrected chi connectivity index (χ0v) is 15.6. The monoisotopic (exact) mass is 387 g/mol. The first kappa shape index (κ1) is 17.9. The third kappa shape index (κ3) is 3.81. The number of aromatic nitrogens is 1. The van der Waals surface area contributed by atoms with Gasteiger partial charge in [0.1, 0.15) is 6.10 Å². The van der Waals surface area contributed by atoms with Gasteiger partial charge in [-0.1, -0.05) is 6.07 Å². The molecule has 8 heteroatoms. The van der Waals surface area contributed by atoms with Crippen LogP contribution in [0.5, 0.6) is 0 Å². The maximum atomic E-state index is 12.7. The van der Waals surface area contributed by atoms with Crippen LogP contribution in [0.15, 0.2) is 47.6 Å². The number of benzene rings is 1. The molecule has 27 heavy (non-hydrogen) atoms. The molecule has 0 bridgehead atoms. The highest BCUT2D eigenvalue weighted by Gasteiger charge is 2.30. The van der Waals surface area contributed by atoms with Crippen molar-refractivity contribution < 1.29 is 17.9 Å². The smallest absolute Gasteiger partial charge is 0.261 e. The van der Waals surface area contributed by atoms with Gasteiger partial charge in [0.05, 0.1) is 16.8 Å². The molecule has 4 rings (SSSR count). The molecule has 2 aliphatic heterocycles. The lowest BCUT2D eigenvalue weighted by atomic mass is 9.99. The van der Waals surface area contributed by atoms with Gasteiger partial charge in [-0.2, -0.15) is 0 Å². The van der Waals surface area contributed by atoms with Crippen molar-refractivity contribution in [2.24, 2.45) is 0 Å². The summed E-state index contributed by atoms with van der Waals surface area (Å²) in [6, 6.07) is 8.41. The molecule has 1 atom stereocenters. The molecule has 7 nitrogen and oxygen atoms in total. The van der Waals surface area contributed by atoms with Crippen molar-refractivity contribution in [1.29, 1.82) is 0 Å². The molecule has 1 aromatic heterocycles. The minimum atomic E-state index is -3.72. The standard InChI is InChI=1S/C19H21N3O4S/c23-19(18-4-2-10-26-18)22-9-7-14-5-6-17(11-15(14)13-22)27(24,25)21-16-3-1-8-20-12-16/h1,3,5-6,8,11-12,18,21H,2,4,7,9-10,13H2/t18-/m1/s1. The first-order chi connectivity index (χ1) is 13.0. The summed E-state index contributed by atoms with van der Waals surface area (Å²) in [5.74, 6) is -0.0000971. The largest absolute Gasteiger partial charge is 0.368 e. The number of anilines is 1. The van der Waals surface area contributed by atoms with Crippen LogP contribution < -0.4 is 4.72 Å². The van der Waals surface area contributed by atoms with Crippen LogP contribution in [0.1, 0.15) is 24.0 Å². The number of pyridine rings is 1. The van der Waals surface area contributed by atoms with Crippen LogP contribution in [0.3, 0.4) is 0 Å². The number of hydrogen-bond acceptors (Lipinski definition) is 5. The van der Waals surface area contributed by atoms with Crippen molar-refractivity contribution in [1.82, 2.24) is 9.88 Å². The molecule has 3 heterocycles. The van der Waals surface area contributed by atoms with Crippen molar-refractivity contribution in [2.75, 3.05) is 17.9 Å². The van der Waals surface area contributed by atoms with Crippen LogP contribution >= 0.6 is 0 Å². The van der Waals surface area contributed by atoms with E-state index in [1.54, 1.807) is 35.4 Å². The average Bonchev–Trinajstić information content (AvgIpc) is 3.22. The van der Waals surface area contributed by atoms with E-state index in [4.69, 9.17) is 4.74 Å². The molecule has 0 spiro atoms. The molecule has 0 saturated carbocycles. The van der Waals surface area contributed by atoms with Crippen molar-refractivity contribution in [2.45, 2.75) is 36.8 Å². The molecule has 1 aromatic carbocycles. The second-order valence-electron chi connectivity index (χ2n) is 6.79. The third-order valence-electron chi connectivity index (χ3n) is 4.93.